The van der Waals surface area contributed by atoms with Crippen LogP contribution in [0.25, 0.3) is 33.5 Å². The number of phenolic OH excluding ortho intramolecular Hbond substituents is 1. The Bertz CT molecular complexity index is 1240. The maximum atomic E-state index is 14.2. The molecular weight excluding hydrogens is 377 g/mol. The molecule has 2 aromatic carbocycles. The van der Waals surface area contributed by atoms with Crippen molar-refractivity contribution >= 4 is 17.0 Å². The van der Waals surface area contributed by atoms with Crippen LogP contribution in [0.1, 0.15) is 10.4 Å². The zero-order chi connectivity index (χ0) is 20.5. The summed E-state index contributed by atoms with van der Waals surface area (Å²) >= 11 is 0. The Balaban J connectivity index is 1.84. The molecule has 0 aliphatic rings. The van der Waals surface area contributed by atoms with Crippen LogP contribution >= 0.6 is 0 Å². The topological polar surface area (TPSA) is 97.3 Å². The number of aromatic hydroxyl groups is 1. The molecule has 7 nitrogen and oxygen atoms in total. The smallest absolute Gasteiger partial charge is 0.340 e. The molecule has 29 heavy (non-hydrogen) atoms. The number of hydrogen-bond donors (Lipinski definition) is 2. The van der Waals surface area contributed by atoms with Gasteiger partial charge in [-0.05, 0) is 35.9 Å². The number of carbonyl (C=O) groups is 1. The average molecular weight is 393 g/mol. The number of imidazole rings is 1. The van der Waals surface area contributed by atoms with E-state index in [1.54, 1.807) is 24.4 Å². The summed E-state index contributed by atoms with van der Waals surface area (Å²) in [6.45, 7) is 0. The van der Waals surface area contributed by atoms with Crippen molar-refractivity contribution < 1.29 is 23.8 Å². The Morgan fingerprint density at radius 1 is 1.14 bits per heavy atom. The average Bonchev–Trinajstić information content (AvgIpc) is 3.15. The van der Waals surface area contributed by atoms with Gasteiger partial charge in [-0.2, -0.15) is 0 Å². The number of phenols is 1. The number of hydrogen-bond acceptors (Lipinski definition) is 6. The zero-order valence-electron chi connectivity index (χ0n) is 15.6. The molecule has 0 spiro atoms. The molecule has 0 bridgehead atoms. The molecule has 0 saturated carbocycles. The third-order valence-corrected chi connectivity index (χ3v) is 4.50. The number of pyridine rings is 1. The first kappa shape index (κ1) is 18.4. The van der Waals surface area contributed by atoms with Gasteiger partial charge in [-0.3, -0.25) is 0 Å². The van der Waals surface area contributed by atoms with Gasteiger partial charge in [0.25, 0.3) is 0 Å². The second kappa shape index (κ2) is 7.23. The van der Waals surface area contributed by atoms with Crippen molar-refractivity contribution in [1.82, 2.24) is 15.0 Å². The summed E-state index contributed by atoms with van der Waals surface area (Å²) in [7, 11) is 2.71. The van der Waals surface area contributed by atoms with Crippen LogP contribution in [0.2, 0.25) is 0 Å². The van der Waals surface area contributed by atoms with Crippen molar-refractivity contribution in [3.05, 3.63) is 60.0 Å². The van der Waals surface area contributed by atoms with E-state index in [1.807, 2.05) is 6.07 Å². The van der Waals surface area contributed by atoms with Crippen LogP contribution in [-0.2, 0) is 4.74 Å². The van der Waals surface area contributed by atoms with Crippen molar-refractivity contribution in [3.8, 4) is 34.1 Å². The Hall–Kier alpha value is -3.94. The van der Waals surface area contributed by atoms with Crippen LogP contribution in [-0.4, -0.2) is 40.2 Å². The highest BCUT2D eigenvalue weighted by Gasteiger charge is 2.18. The number of benzene rings is 2. The lowest BCUT2D eigenvalue weighted by Crippen LogP contribution is -2.04. The number of rotatable bonds is 4. The summed E-state index contributed by atoms with van der Waals surface area (Å²) in [5.74, 6) is -0.758. The fourth-order valence-electron chi connectivity index (χ4n) is 3.09. The minimum Gasteiger partial charge on any atom is -0.507 e. The van der Waals surface area contributed by atoms with Crippen LogP contribution in [0, 0.1) is 5.82 Å². The molecule has 4 rings (SSSR count). The number of carbonyl (C=O) groups excluding carboxylic acids is 1. The van der Waals surface area contributed by atoms with Gasteiger partial charge in [0.1, 0.15) is 17.4 Å². The predicted molar refractivity (Wildman–Crippen MR) is 104 cm³/mol. The number of aromatic amines is 1. The number of H-pyrrole nitrogens is 1. The van der Waals surface area contributed by atoms with Gasteiger partial charge >= 0.3 is 5.97 Å². The van der Waals surface area contributed by atoms with E-state index in [0.29, 0.717) is 28.3 Å². The second-order valence-corrected chi connectivity index (χ2v) is 6.22. The Morgan fingerprint density at radius 3 is 2.72 bits per heavy atom. The molecule has 8 heteroatoms. The molecule has 0 unspecified atom stereocenters. The summed E-state index contributed by atoms with van der Waals surface area (Å²) in [4.78, 5) is 23.3. The Kier molecular flexibility index (Phi) is 4.59. The quantitative estimate of drug-likeness (QED) is 0.510. The molecule has 2 aromatic heterocycles. The molecule has 0 aliphatic carbocycles. The van der Waals surface area contributed by atoms with Gasteiger partial charge in [0.2, 0.25) is 5.88 Å². The van der Waals surface area contributed by atoms with Gasteiger partial charge in [-0.1, -0.05) is 6.07 Å². The lowest BCUT2D eigenvalue weighted by molar-refractivity contribution is 0.0595. The highest BCUT2D eigenvalue weighted by molar-refractivity contribution is 5.94. The second-order valence-electron chi connectivity index (χ2n) is 6.22. The van der Waals surface area contributed by atoms with Gasteiger partial charge in [-0.25, -0.2) is 19.2 Å². The van der Waals surface area contributed by atoms with Crippen molar-refractivity contribution in [2.24, 2.45) is 0 Å². The monoisotopic (exact) mass is 393 g/mol. The minimum absolute atomic E-state index is 0.00988. The van der Waals surface area contributed by atoms with Gasteiger partial charge in [0.05, 0.1) is 36.4 Å². The lowest BCUT2D eigenvalue weighted by Gasteiger charge is -2.09. The molecule has 0 saturated heterocycles. The summed E-state index contributed by atoms with van der Waals surface area (Å²) in [5, 5.41) is 10.4. The molecular formula is C21H16FN3O4. The Morgan fingerprint density at radius 2 is 1.97 bits per heavy atom. The molecule has 4 aromatic rings. The number of nitrogens with zero attached hydrogens (tertiary/aromatic N) is 2. The SMILES string of the molecule is COC(=O)c1cc2nc(-c3cc(-c4cccnc4OC)ccc3O)[nH]c2cc1F. The summed E-state index contributed by atoms with van der Waals surface area (Å²) in [6, 6.07) is 11.1. The lowest BCUT2D eigenvalue weighted by atomic mass is 10.0. The standard InChI is InChI=1S/C21H16FN3O4/c1-28-20-12(4-3-7-23-20)11-5-6-18(26)14(8-11)19-24-16-9-13(21(27)29-2)15(22)10-17(16)25-19/h3-10,26H,1-2H3,(H,24,25). The van der Waals surface area contributed by atoms with Crippen molar-refractivity contribution in [3.63, 3.8) is 0 Å². The highest BCUT2D eigenvalue weighted by Crippen LogP contribution is 2.35. The van der Waals surface area contributed by atoms with Gasteiger partial charge < -0.3 is 19.6 Å². The highest BCUT2D eigenvalue weighted by atomic mass is 19.1. The fourth-order valence-corrected chi connectivity index (χ4v) is 3.09. The first-order chi connectivity index (χ1) is 14.0. The van der Waals surface area contributed by atoms with E-state index in [2.05, 4.69) is 19.7 Å². The van der Waals surface area contributed by atoms with Gasteiger partial charge in [0.15, 0.2) is 0 Å². The summed E-state index contributed by atoms with van der Waals surface area (Å²) < 4.78 is 24.1. The third kappa shape index (κ3) is 3.25. The number of aromatic nitrogens is 3. The van der Waals surface area contributed by atoms with Crippen molar-refractivity contribution in [1.29, 1.82) is 0 Å². The largest absolute Gasteiger partial charge is 0.507 e. The van der Waals surface area contributed by atoms with Crippen molar-refractivity contribution in [2.75, 3.05) is 14.2 Å². The van der Waals surface area contributed by atoms with E-state index in [-0.39, 0.29) is 11.3 Å². The van der Waals surface area contributed by atoms with E-state index < -0.39 is 11.8 Å². The molecule has 2 N–H and O–H groups in total. The van der Waals surface area contributed by atoms with Crippen LogP contribution in [0.15, 0.2) is 48.7 Å². The summed E-state index contributed by atoms with van der Waals surface area (Å²) in [5.41, 5.74) is 2.44. The first-order valence-electron chi connectivity index (χ1n) is 8.62. The van der Waals surface area contributed by atoms with E-state index >= 15 is 0 Å². The van der Waals surface area contributed by atoms with Crippen LogP contribution in [0.4, 0.5) is 4.39 Å². The van der Waals surface area contributed by atoms with Crippen LogP contribution in [0.3, 0.4) is 0 Å². The number of esters is 1. The number of fused-ring (bicyclic) bond motifs is 1. The number of ether oxygens (including phenoxy) is 2. The first-order valence-corrected chi connectivity index (χ1v) is 8.62. The molecule has 146 valence electrons. The number of nitrogens with one attached hydrogen (secondary N) is 1. The number of methoxy groups -OCH3 is 2. The molecule has 0 amide bonds. The minimum atomic E-state index is -0.789. The zero-order valence-corrected chi connectivity index (χ0v) is 15.6. The van der Waals surface area contributed by atoms with Gasteiger partial charge in [0, 0.05) is 17.8 Å². The Labute approximate surface area is 164 Å². The summed E-state index contributed by atoms with van der Waals surface area (Å²) in [6.07, 6.45) is 1.62. The van der Waals surface area contributed by atoms with Crippen molar-refractivity contribution in [2.45, 2.75) is 0 Å². The molecule has 2 heterocycles. The molecule has 0 radical (unpaired) electrons. The van der Waals surface area contributed by atoms with E-state index in [0.717, 1.165) is 11.1 Å². The van der Waals surface area contributed by atoms with E-state index in [4.69, 9.17) is 4.74 Å². The number of halogens is 1. The normalized spacial score (nSPS) is 10.9. The maximum absolute atomic E-state index is 14.2. The van der Waals surface area contributed by atoms with Crippen LogP contribution < -0.4 is 4.74 Å². The van der Waals surface area contributed by atoms with E-state index in [9.17, 15) is 14.3 Å². The van der Waals surface area contributed by atoms with Gasteiger partial charge in [-0.15, -0.1) is 0 Å². The van der Waals surface area contributed by atoms with Crippen LogP contribution in [0.5, 0.6) is 11.6 Å². The third-order valence-electron chi connectivity index (χ3n) is 4.50. The fraction of sp³-hybridized carbons (Fsp3) is 0.0952. The predicted octanol–water partition coefficient (Wildman–Crippen LogP) is 3.93. The maximum Gasteiger partial charge on any atom is 0.340 e. The molecule has 0 aliphatic heterocycles. The molecule has 0 fully saturated rings. The van der Waals surface area contributed by atoms with E-state index in [1.165, 1.54) is 32.4 Å². The molecule has 0 atom stereocenters.